The minimum atomic E-state index is -0.229. The van der Waals surface area contributed by atoms with Gasteiger partial charge < -0.3 is 10.3 Å². The Hall–Kier alpha value is -1.42. The minimum Gasteiger partial charge on any atom is -0.330 e. The molecule has 2 aromatic rings. The van der Waals surface area contributed by atoms with Crippen LogP contribution in [0, 0.1) is 5.82 Å². The highest BCUT2D eigenvalue weighted by molar-refractivity contribution is 5.76. The molecule has 0 radical (unpaired) electrons. The van der Waals surface area contributed by atoms with Crippen molar-refractivity contribution in [3.8, 4) is 0 Å². The summed E-state index contributed by atoms with van der Waals surface area (Å²) < 4.78 is 15.4. The number of benzene rings is 1. The number of aromatic nitrogens is 2. The molecule has 0 aliphatic rings. The van der Waals surface area contributed by atoms with Gasteiger partial charge in [-0.2, -0.15) is 0 Å². The maximum absolute atomic E-state index is 13.2. The molecular formula is C14H20FN3. The van der Waals surface area contributed by atoms with E-state index in [-0.39, 0.29) is 5.82 Å². The first-order valence-corrected chi connectivity index (χ1v) is 6.61. The standard InChI is InChI=1S/C14H20FN3/c1-2-3-9-18-13-7-6-11(15)10-12(13)17-14(18)5-4-8-16/h6-7,10H,2-5,8-9,16H2,1H3. The second kappa shape index (κ2) is 5.96. The van der Waals surface area contributed by atoms with Gasteiger partial charge in [0.2, 0.25) is 0 Å². The van der Waals surface area contributed by atoms with Crippen LogP contribution in [0.2, 0.25) is 0 Å². The number of rotatable bonds is 6. The lowest BCUT2D eigenvalue weighted by atomic mass is 10.2. The number of fused-ring (bicyclic) bond motifs is 1. The molecule has 0 fully saturated rings. The van der Waals surface area contributed by atoms with Crippen molar-refractivity contribution < 1.29 is 4.39 Å². The minimum absolute atomic E-state index is 0.229. The van der Waals surface area contributed by atoms with Gasteiger partial charge in [0.15, 0.2) is 0 Å². The van der Waals surface area contributed by atoms with Crippen molar-refractivity contribution in [2.75, 3.05) is 6.54 Å². The molecule has 0 saturated carbocycles. The molecule has 0 aliphatic carbocycles. The quantitative estimate of drug-likeness (QED) is 0.855. The molecule has 18 heavy (non-hydrogen) atoms. The largest absolute Gasteiger partial charge is 0.330 e. The summed E-state index contributed by atoms with van der Waals surface area (Å²) in [6.45, 7) is 3.77. The van der Waals surface area contributed by atoms with E-state index in [0.29, 0.717) is 6.54 Å². The third kappa shape index (κ3) is 2.70. The van der Waals surface area contributed by atoms with Gasteiger partial charge in [-0.05, 0) is 31.5 Å². The molecule has 0 bridgehead atoms. The van der Waals surface area contributed by atoms with Gasteiger partial charge in [0.25, 0.3) is 0 Å². The molecule has 4 heteroatoms. The molecule has 0 saturated heterocycles. The zero-order valence-corrected chi connectivity index (χ0v) is 10.8. The van der Waals surface area contributed by atoms with Crippen LogP contribution in [0.5, 0.6) is 0 Å². The highest BCUT2D eigenvalue weighted by atomic mass is 19.1. The van der Waals surface area contributed by atoms with Crippen molar-refractivity contribution in [1.29, 1.82) is 0 Å². The van der Waals surface area contributed by atoms with E-state index in [9.17, 15) is 4.39 Å². The molecule has 1 aromatic heterocycles. The molecule has 0 atom stereocenters. The highest BCUT2D eigenvalue weighted by Gasteiger charge is 2.10. The van der Waals surface area contributed by atoms with Crippen molar-refractivity contribution in [3.63, 3.8) is 0 Å². The summed E-state index contributed by atoms with van der Waals surface area (Å²) in [6, 6.07) is 4.82. The third-order valence-electron chi connectivity index (χ3n) is 3.13. The Bertz CT molecular complexity index is 519. The van der Waals surface area contributed by atoms with E-state index in [4.69, 9.17) is 5.73 Å². The molecule has 3 nitrogen and oxygen atoms in total. The first kappa shape index (κ1) is 13.0. The Morgan fingerprint density at radius 1 is 1.33 bits per heavy atom. The fourth-order valence-corrected chi connectivity index (χ4v) is 2.17. The summed E-state index contributed by atoms with van der Waals surface area (Å²) in [5.41, 5.74) is 7.32. The van der Waals surface area contributed by atoms with Gasteiger partial charge in [0.1, 0.15) is 11.6 Å². The molecule has 1 aromatic carbocycles. The number of nitrogens with zero attached hydrogens (tertiary/aromatic N) is 2. The first-order valence-electron chi connectivity index (χ1n) is 6.61. The molecular weight excluding hydrogens is 229 g/mol. The van der Waals surface area contributed by atoms with Crippen LogP contribution >= 0.6 is 0 Å². The number of aryl methyl sites for hydroxylation is 2. The van der Waals surface area contributed by atoms with Gasteiger partial charge in [-0.1, -0.05) is 13.3 Å². The Morgan fingerprint density at radius 2 is 2.17 bits per heavy atom. The van der Waals surface area contributed by atoms with E-state index in [1.54, 1.807) is 0 Å². The number of imidazole rings is 1. The lowest BCUT2D eigenvalue weighted by molar-refractivity contribution is 0.607. The van der Waals surface area contributed by atoms with Crippen molar-refractivity contribution >= 4 is 11.0 Å². The second-order valence-electron chi connectivity index (χ2n) is 4.56. The molecule has 98 valence electrons. The molecule has 1 heterocycles. The van der Waals surface area contributed by atoms with E-state index in [0.717, 1.165) is 49.1 Å². The summed E-state index contributed by atoms with van der Waals surface area (Å²) in [4.78, 5) is 4.53. The topological polar surface area (TPSA) is 43.8 Å². The lowest BCUT2D eigenvalue weighted by Gasteiger charge is -2.07. The number of unbranched alkanes of at least 4 members (excludes halogenated alkanes) is 1. The van der Waals surface area contributed by atoms with Crippen LogP contribution in [-0.2, 0) is 13.0 Å². The smallest absolute Gasteiger partial charge is 0.125 e. The van der Waals surface area contributed by atoms with Crippen LogP contribution in [0.4, 0.5) is 4.39 Å². The van der Waals surface area contributed by atoms with Crippen LogP contribution in [0.3, 0.4) is 0 Å². The molecule has 2 rings (SSSR count). The Morgan fingerprint density at radius 3 is 2.89 bits per heavy atom. The Balaban J connectivity index is 2.39. The fourth-order valence-electron chi connectivity index (χ4n) is 2.17. The van der Waals surface area contributed by atoms with E-state index >= 15 is 0 Å². The molecule has 0 unspecified atom stereocenters. The SMILES string of the molecule is CCCCn1c(CCCN)nc2cc(F)ccc21. The average molecular weight is 249 g/mol. The number of hydrogen-bond acceptors (Lipinski definition) is 2. The zero-order chi connectivity index (χ0) is 13.0. The molecule has 0 amide bonds. The van der Waals surface area contributed by atoms with Crippen molar-refractivity contribution in [1.82, 2.24) is 9.55 Å². The van der Waals surface area contributed by atoms with E-state index < -0.39 is 0 Å². The van der Waals surface area contributed by atoms with Crippen molar-refractivity contribution in [3.05, 3.63) is 29.8 Å². The van der Waals surface area contributed by atoms with Crippen LogP contribution in [-0.4, -0.2) is 16.1 Å². The Kier molecular flexibility index (Phi) is 4.31. The number of hydrogen-bond donors (Lipinski definition) is 1. The second-order valence-corrected chi connectivity index (χ2v) is 4.56. The first-order chi connectivity index (χ1) is 8.76. The van der Waals surface area contributed by atoms with Crippen molar-refractivity contribution in [2.24, 2.45) is 5.73 Å². The molecule has 2 N–H and O–H groups in total. The average Bonchev–Trinajstić information content (AvgIpc) is 2.70. The highest BCUT2D eigenvalue weighted by Crippen LogP contribution is 2.19. The van der Waals surface area contributed by atoms with Crippen LogP contribution in [0.15, 0.2) is 18.2 Å². The van der Waals surface area contributed by atoms with Gasteiger partial charge in [-0.3, -0.25) is 0 Å². The summed E-state index contributed by atoms with van der Waals surface area (Å²) in [6.07, 6.45) is 4.02. The van der Waals surface area contributed by atoms with Gasteiger partial charge >= 0.3 is 0 Å². The fraction of sp³-hybridized carbons (Fsp3) is 0.500. The summed E-state index contributed by atoms with van der Waals surface area (Å²) in [7, 11) is 0. The summed E-state index contributed by atoms with van der Waals surface area (Å²) in [5.74, 6) is 0.794. The van der Waals surface area contributed by atoms with E-state index in [1.807, 2.05) is 6.07 Å². The van der Waals surface area contributed by atoms with E-state index in [1.165, 1.54) is 12.1 Å². The van der Waals surface area contributed by atoms with Crippen LogP contribution in [0.1, 0.15) is 32.0 Å². The Labute approximate surface area is 107 Å². The predicted molar refractivity (Wildman–Crippen MR) is 72.0 cm³/mol. The maximum atomic E-state index is 13.2. The van der Waals surface area contributed by atoms with Gasteiger partial charge in [0, 0.05) is 19.0 Å². The molecule has 0 aliphatic heterocycles. The monoisotopic (exact) mass is 249 g/mol. The third-order valence-corrected chi connectivity index (χ3v) is 3.13. The lowest BCUT2D eigenvalue weighted by Crippen LogP contribution is -2.07. The summed E-state index contributed by atoms with van der Waals surface area (Å²) >= 11 is 0. The van der Waals surface area contributed by atoms with Crippen LogP contribution < -0.4 is 5.73 Å². The maximum Gasteiger partial charge on any atom is 0.125 e. The normalized spacial score (nSPS) is 11.3. The van der Waals surface area contributed by atoms with E-state index in [2.05, 4.69) is 16.5 Å². The molecule has 0 spiro atoms. The summed E-state index contributed by atoms with van der Waals surface area (Å²) in [5, 5.41) is 0. The number of halogens is 1. The number of nitrogens with two attached hydrogens (primary N) is 1. The zero-order valence-electron chi connectivity index (χ0n) is 10.8. The van der Waals surface area contributed by atoms with Crippen molar-refractivity contribution in [2.45, 2.75) is 39.2 Å². The van der Waals surface area contributed by atoms with Gasteiger partial charge in [-0.15, -0.1) is 0 Å². The van der Waals surface area contributed by atoms with Crippen LogP contribution in [0.25, 0.3) is 11.0 Å². The predicted octanol–water partition coefficient (Wildman–Crippen LogP) is 2.87. The van der Waals surface area contributed by atoms with Gasteiger partial charge in [0.05, 0.1) is 11.0 Å². The van der Waals surface area contributed by atoms with Gasteiger partial charge in [-0.25, -0.2) is 9.37 Å².